The number of hydrogen-bond donors (Lipinski definition) is 4. The summed E-state index contributed by atoms with van der Waals surface area (Å²) in [6, 6.07) is 0. The summed E-state index contributed by atoms with van der Waals surface area (Å²) in [4.78, 5) is 117. The van der Waals surface area contributed by atoms with Crippen LogP contribution >= 0.6 is 69.2 Å². The molecule has 1 atom stereocenters. The molecular weight excluding hydrogens is 1320 g/mol. The number of ether oxygens (including phenoxy) is 6. The summed E-state index contributed by atoms with van der Waals surface area (Å²) in [5.74, 6) is -0.0795. The summed E-state index contributed by atoms with van der Waals surface area (Å²) in [6.07, 6.45) is 16.1. The molecule has 0 aliphatic carbocycles. The van der Waals surface area contributed by atoms with Gasteiger partial charge in [0.05, 0.1) is 78.2 Å². The van der Waals surface area contributed by atoms with Crippen molar-refractivity contribution in [2.75, 3.05) is 108 Å². The maximum atomic E-state index is 12.0. The van der Waals surface area contributed by atoms with Gasteiger partial charge in [0.15, 0.2) is 5.38 Å². The Morgan fingerprint density at radius 2 is 0.882 bits per heavy atom. The van der Waals surface area contributed by atoms with Crippen molar-refractivity contribution in [2.24, 2.45) is 11.7 Å². The molecule has 0 aromatic carbocycles. The summed E-state index contributed by atoms with van der Waals surface area (Å²) in [5.41, 5.74) is 6.31. The van der Waals surface area contributed by atoms with E-state index in [1.54, 1.807) is 33.9 Å². The van der Waals surface area contributed by atoms with E-state index in [0.717, 1.165) is 124 Å². The highest BCUT2D eigenvalue weighted by Gasteiger charge is 2.31. The number of aldehydes is 1. The predicted molar refractivity (Wildman–Crippen MR) is 360 cm³/mol. The van der Waals surface area contributed by atoms with Crippen LogP contribution in [-0.2, 0) is 38.0 Å². The van der Waals surface area contributed by atoms with Gasteiger partial charge >= 0.3 is 36.1 Å². The van der Waals surface area contributed by atoms with Crippen molar-refractivity contribution in [1.29, 1.82) is 0 Å². The molecule has 0 radical (unpaired) electrons. The second-order valence-electron chi connectivity index (χ2n) is 24.3. The maximum absolute atomic E-state index is 12.0. The van der Waals surface area contributed by atoms with E-state index in [1.807, 2.05) is 41.5 Å². The number of alkyl halides is 1. The fourth-order valence-electron chi connectivity index (χ4n) is 9.71. The number of carbonyl (C=O) groups excluding carboxylic acids is 8. The fourth-order valence-corrected chi connectivity index (χ4v) is 14.0. The summed E-state index contributed by atoms with van der Waals surface area (Å²) in [5, 5.41) is 14.8. The number of piperidine rings is 5. The van der Waals surface area contributed by atoms with Crippen molar-refractivity contribution in [3.63, 3.8) is 0 Å². The van der Waals surface area contributed by atoms with Crippen molar-refractivity contribution in [3.8, 4) is 0 Å². The number of nitrogens with two attached hydrogens (primary N) is 1. The Labute approximate surface area is 571 Å². The van der Waals surface area contributed by atoms with Crippen molar-refractivity contribution in [1.82, 2.24) is 50.3 Å². The Morgan fingerprint density at radius 3 is 1.17 bits per heavy atom. The van der Waals surface area contributed by atoms with Gasteiger partial charge in [0.25, 0.3) is 5.91 Å². The minimum atomic E-state index is -1.15. The van der Waals surface area contributed by atoms with Crippen LogP contribution in [-0.4, -0.2) is 223 Å². The molecule has 4 aromatic rings. The number of nitrogens with one attached hydrogen (secondary N) is 2. The number of nitrogens with zero attached hydrogens (tertiary/aromatic N) is 8. The van der Waals surface area contributed by atoms with Crippen LogP contribution in [0.2, 0.25) is 0 Å². The van der Waals surface area contributed by atoms with Gasteiger partial charge in [-0.2, -0.15) is 0 Å². The number of hydroxylamine groups is 1. The van der Waals surface area contributed by atoms with Crippen LogP contribution in [0.5, 0.6) is 0 Å². The predicted octanol–water partition coefficient (Wildman–Crippen LogP) is 9.14. The molecule has 0 bridgehead atoms. The maximum Gasteiger partial charge on any atom is 0.410 e. The van der Waals surface area contributed by atoms with Crippen LogP contribution in [0.1, 0.15) is 188 Å². The molecule has 4 aromatic heterocycles. The van der Waals surface area contributed by atoms with Crippen LogP contribution in [0.25, 0.3) is 0 Å². The zero-order chi connectivity index (χ0) is 69.0. The molecule has 9 rings (SSSR count). The van der Waals surface area contributed by atoms with Crippen LogP contribution in [0, 0.1) is 5.92 Å². The standard InChI is InChI=1S/C15H22N2O4S.C11H16N2O2S.C11H20N2O2S.C10H15N3O2S.C10H14N2O2S.C4H5ClO3/c1-15(2,3)21-14(19)17-7-5-10(6-8-17)12-16-9-11(22-12)13(18)20-4;1-13-5-3-8(4-6-13)10-12-7-9(16-10)11(14)15-2;1-11(2,3)15-10(14)13-6-4-8(5-7-13)9(12)16;1-13-4-2-7(3-5-13)10-11-6-8(16-10)9(14)12-15;1-14-10(13)8-6-12-9(15-8)7-2-4-11-5-3-7;1-8-4(7)3(5)2-6/h9-10H,5-8H2,1-4H3;7-8H,3-6H2,1-2H3;8H,4-7H2,1-3H3,(H2,12,16);6-7,15H,2-5H2,1H3,(H,12,14);6-7,11H,2-5H2,1H3;2-3H,1H3. The zero-order valence-electron chi connectivity index (χ0n) is 55.2. The molecule has 26 nitrogen and oxygen atoms in total. The Bertz CT molecular complexity index is 2930. The minimum Gasteiger partial charge on any atom is -0.468 e. The molecular formula is C61H92ClN11O15S5. The fraction of sp³-hybridized carbons (Fsp3) is 0.656. The Morgan fingerprint density at radius 1 is 0.570 bits per heavy atom. The normalized spacial score (nSPS) is 17.4. The van der Waals surface area contributed by atoms with E-state index in [1.165, 1.54) is 80.0 Å². The van der Waals surface area contributed by atoms with Gasteiger partial charge in [0, 0.05) is 55.8 Å². The third-order valence-corrected chi connectivity index (χ3v) is 20.2. The molecule has 518 valence electrons. The zero-order valence-corrected chi connectivity index (χ0v) is 60.1. The quantitative estimate of drug-likeness (QED) is 0.0159. The molecule has 5 saturated heterocycles. The number of thiocarbonyl (C=S) groups is 1. The van der Waals surface area contributed by atoms with E-state index < -0.39 is 28.5 Å². The van der Waals surface area contributed by atoms with Gasteiger partial charge in [-0.1, -0.05) is 12.2 Å². The van der Waals surface area contributed by atoms with E-state index in [0.29, 0.717) is 74.7 Å². The molecule has 5 N–H and O–H groups in total. The molecule has 3 amide bonds. The molecule has 9 heterocycles. The first-order chi connectivity index (χ1) is 44.0. The molecule has 93 heavy (non-hydrogen) atoms. The van der Waals surface area contributed by atoms with Gasteiger partial charge in [0.2, 0.25) is 0 Å². The summed E-state index contributed by atoms with van der Waals surface area (Å²) in [7, 11) is 9.58. The number of thiazole rings is 4. The average Bonchev–Trinajstić information content (AvgIpc) is 1.99. The number of likely N-dealkylation sites (tertiary alicyclic amines) is 4. The topological polar surface area (TPSA) is 327 Å². The second-order valence-corrected chi connectivity index (χ2v) is 29.5. The van der Waals surface area contributed by atoms with Crippen LogP contribution in [0.15, 0.2) is 24.8 Å². The monoisotopic (exact) mass is 1410 g/mol. The highest BCUT2D eigenvalue weighted by atomic mass is 35.5. The lowest BCUT2D eigenvalue weighted by atomic mass is 9.97. The summed E-state index contributed by atoms with van der Waals surface area (Å²) >= 11 is 15.7. The largest absolute Gasteiger partial charge is 0.468 e. The van der Waals surface area contributed by atoms with Gasteiger partial charge in [-0.3, -0.25) is 10.0 Å². The number of methoxy groups -OCH3 is 4. The van der Waals surface area contributed by atoms with Gasteiger partial charge in [-0.05, 0) is 159 Å². The van der Waals surface area contributed by atoms with Crippen LogP contribution in [0.4, 0.5) is 9.59 Å². The third-order valence-electron chi connectivity index (χ3n) is 15.0. The molecule has 5 aliphatic rings. The van der Waals surface area contributed by atoms with Crippen molar-refractivity contribution in [2.45, 2.75) is 146 Å². The minimum absolute atomic E-state index is 0.242. The average molecular weight is 1420 g/mol. The van der Waals surface area contributed by atoms with Crippen LogP contribution in [0.3, 0.4) is 0 Å². The van der Waals surface area contributed by atoms with Crippen molar-refractivity contribution < 1.29 is 72.0 Å². The van der Waals surface area contributed by atoms with E-state index in [4.69, 9.17) is 49.0 Å². The number of rotatable bonds is 11. The van der Waals surface area contributed by atoms with Crippen molar-refractivity contribution >= 4 is 122 Å². The first-order valence-corrected chi connectivity index (χ1v) is 34.7. The van der Waals surface area contributed by atoms with E-state index in [9.17, 15) is 38.4 Å². The number of hydrogen-bond acceptors (Lipinski definition) is 27. The number of esters is 4. The SMILES string of the molecule is CC(C)(C)OC(=O)N1CCC(C(N)=S)CC1.CN1CCC(c2ncc(C(=O)NO)s2)CC1.COC(=O)C(Cl)C=O.COC(=O)c1cnc(C2CCN(C(=O)OC(C)(C)C)CC2)s1.COC(=O)c1cnc(C2CCN(C)CC2)s1.COC(=O)c1cnc(C2CCNCC2)s1. The lowest BCUT2D eigenvalue weighted by Crippen LogP contribution is -2.43. The Kier molecular flexibility index (Phi) is 34.1. The Hall–Kier alpha value is -5.90. The van der Waals surface area contributed by atoms with Gasteiger partial charge < -0.3 is 63.9 Å². The number of aromatic nitrogens is 4. The van der Waals surface area contributed by atoms with Gasteiger partial charge in [0.1, 0.15) is 37.0 Å². The highest BCUT2D eigenvalue weighted by Crippen LogP contribution is 2.34. The van der Waals surface area contributed by atoms with Crippen LogP contribution < -0.4 is 16.5 Å². The highest BCUT2D eigenvalue weighted by molar-refractivity contribution is 7.80. The summed E-state index contributed by atoms with van der Waals surface area (Å²) in [6.45, 7) is 20.3. The number of halogens is 1. The third kappa shape index (κ3) is 27.8. The second kappa shape index (κ2) is 39.8. The van der Waals surface area contributed by atoms with E-state index in [-0.39, 0.29) is 41.9 Å². The molecule has 5 aliphatic heterocycles. The first-order valence-electron chi connectivity index (χ1n) is 30.6. The lowest BCUT2D eigenvalue weighted by molar-refractivity contribution is -0.141. The first kappa shape index (κ1) is 79.5. The van der Waals surface area contributed by atoms with Gasteiger partial charge in [-0.25, -0.2) is 54.2 Å². The van der Waals surface area contributed by atoms with Gasteiger partial charge in [-0.15, -0.1) is 56.9 Å². The Balaban J connectivity index is 0.000000242. The smallest absolute Gasteiger partial charge is 0.410 e. The number of amides is 3. The number of carbonyl (C=O) groups is 8. The van der Waals surface area contributed by atoms with E-state index >= 15 is 0 Å². The molecule has 0 saturated carbocycles. The lowest BCUT2D eigenvalue weighted by Gasteiger charge is -2.33. The molecule has 32 heteroatoms. The summed E-state index contributed by atoms with van der Waals surface area (Å²) < 4.78 is 28.8. The molecule has 5 fully saturated rings. The molecule has 1 unspecified atom stereocenters. The van der Waals surface area contributed by atoms with Crippen molar-refractivity contribution in [3.05, 3.63) is 64.3 Å². The van der Waals surface area contributed by atoms with E-state index in [2.05, 4.69) is 63.4 Å². The molecule has 0 spiro atoms.